The van der Waals surface area contributed by atoms with Gasteiger partial charge in [0.25, 0.3) is 5.92 Å². The summed E-state index contributed by atoms with van der Waals surface area (Å²) in [5.41, 5.74) is 0. The number of hydrogen-bond acceptors (Lipinski definition) is 0. The summed E-state index contributed by atoms with van der Waals surface area (Å²) < 4.78 is 25.4. The quantitative estimate of drug-likeness (QED) is 0.599. The molecule has 0 aliphatic carbocycles. The van der Waals surface area contributed by atoms with Gasteiger partial charge in [-0.15, -0.1) is 0 Å². The van der Waals surface area contributed by atoms with Crippen molar-refractivity contribution in [1.82, 2.24) is 0 Å². The Morgan fingerprint density at radius 2 is 1.80 bits per heavy atom. The van der Waals surface area contributed by atoms with E-state index < -0.39 is 16.7 Å². The first kappa shape index (κ1) is 10.4. The first-order valence-electron chi connectivity index (χ1n) is 3.08. The SMILES string of the molecule is CCC(C)C(F)(F)C(Cl)Cl. The Morgan fingerprint density at radius 3 is 1.90 bits per heavy atom. The fourth-order valence-electron chi connectivity index (χ4n) is 0.487. The van der Waals surface area contributed by atoms with Gasteiger partial charge in [0.1, 0.15) is 0 Å². The fourth-order valence-corrected chi connectivity index (χ4v) is 0.917. The second-order valence-electron chi connectivity index (χ2n) is 2.28. The van der Waals surface area contributed by atoms with Crippen LogP contribution in [0.4, 0.5) is 8.78 Å². The molecule has 0 radical (unpaired) electrons. The Kier molecular flexibility index (Phi) is 3.89. The van der Waals surface area contributed by atoms with Gasteiger partial charge in [0.2, 0.25) is 0 Å². The first-order valence-corrected chi connectivity index (χ1v) is 3.96. The van der Waals surface area contributed by atoms with Crippen molar-refractivity contribution < 1.29 is 8.78 Å². The zero-order valence-corrected chi connectivity index (χ0v) is 7.39. The molecule has 0 aromatic rings. The van der Waals surface area contributed by atoms with Gasteiger partial charge in [-0.3, -0.25) is 0 Å². The van der Waals surface area contributed by atoms with Crippen molar-refractivity contribution >= 4 is 23.2 Å². The smallest absolute Gasteiger partial charge is 0.203 e. The Balaban J connectivity index is 4.09. The molecule has 0 aromatic heterocycles. The lowest BCUT2D eigenvalue weighted by molar-refractivity contribution is -0.0391. The highest BCUT2D eigenvalue weighted by Crippen LogP contribution is 2.35. The maximum Gasteiger partial charge on any atom is 0.280 e. The first-order chi connectivity index (χ1) is 4.42. The van der Waals surface area contributed by atoms with Gasteiger partial charge in [-0.2, -0.15) is 0 Å². The summed E-state index contributed by atoms with van der Waals surface area (Å²) in [6, 6.07) is 0. The monoisotopic (exact) mass is 190 g/mol. The van der Waals surface area contributed by atoms with Gasteiger partial charge in [0, 0.05) is 5.92 Å². The van der Waals surface area contributed by atoms with Gasteiger partial charge in [0.15, 0.2) is 4.84 Å². The van der Waals surface area contributed by atoms with E-state index in [0.29, 0.717) is 6.42 Å². The van der Waals surface area contributed by atoms with E-state index in [-0.39, 0.29) is 0 Å². The van der Waals surface area contributed by atoms with Crippen LogP contribution in [0.5, 0.6) is 0 Å². The molecule has 0 N–H and O–H groups in total. The van der Waals surface area contributed by atoms with Crippen LogP contribution in [-0.4, -0.2) is 10.8 Å². The molecule has 0 aliphatic rings. The van der Waals surface area contributed by atoms with Crippen LogP contribution in [0.25, 0.3) is 0 Å². The second kappa shape index (κ2) is 3.72. The van der Waals surface area contributed by atoms with Crippen molar-refractivity contribution in [2.24, 2.45) is 5.92 Å². The Hall–Kier alpha value is 0.440. The molecule has 0 saturated carbocycles. The van der Waals surface area contributed by atoms with Crippen LogP contribution in [0.2, 0.25) is 0 Å². The summed E-state index contributed by atoms with van der Waals surface area (Å²) in [6.45, 7) is 3.10. The van der Waals surface area contributed by atoms with Gasteiger partial charge >= 0.3 is 0 Å². The summed E-state index contributed by atoms with van der Waals surface area (Å²) >= 11 is 10.1. The minimum atomic E-state index is -2.96. The molecule has 0 aliphatic heterocycles. The molecular formula is C6H10Cl2F2. The third-order valence-electron chi connectivity index (χ3n) is 1.56. The summed E-state index contributed by atoms with van der Waals surface area (Å²) in [5, 5.41) is 0. The van der Waals surface area contributed by atoms with E-state index in [4.69, 9.17) is 23.2 Å². The van der Waals surface area contributed by atoms with Crippen LogP contribution in [-0.2, 0) is 0 Å². The normalized spacial score (nSPS) is 15.9. The van der Waals surface area contributed by atoms with Crippen molar-refractivity contribution in [2.75, 3.05) is 0 Å². The lowest BCUT2D eigenvalue weighted by Gasteiger charge is -2.22. The zero-order chi connectivity index (χ0) is 8.36. The molecule has 4 heteroatoms. The van der Waals surface area contributed by atoms with E-state index >= 15 is 0 Å². The van der Waals surface area contributed by atoms with Crippen LogP contribution in [0.1, 0.15) is 20.3 Å². The average Bonchev–Trinajstić information content (AvgIpc) is 1.86. The van der Waals surface area contributed by atoms with Crippen molar-refractivity contribution in [1.29, 1.82) is 0 Å². The van der Waals surface area contributed by atoms with Crippen molar-refractivity contribution in [3.8, 4) is 0 Å². The number of rotatable bonds is 3. The van der Waals surface area contributed by atoms with Gasteiger partial charge in [0.05, 0.1) is 0 Å². The molecular weight excluding hydrogens is 181 g/mol. The van der Waals surface area contributed by atoms with Crippen molar-refractivity contribution in [3.63, 3.8) is 0 Å². The Bertz CT molecular complexity index is 104. The lowest BCUT2D eigenvalue weighted by atomic mass is 10.0. The summed E-state index contributed by atoms with van der Waals surface area (Å²) in [4.78, 5) is -1.59. The van der Waals surface area contributed by atoms with E-state index in [1.165, 1.54) is 6.92 Å². The second-order valence-corrected chi connectivity index (χ2v) is 3.38. The fraction of sp³-hybridized carbons (Fsp3) is 1.00. The van der Waals surface area contributed by atoms with Gasteiger partial charge in [-0.25, -0.2) is 8.78 Å². The molecule has 0 amide bonds. The molecule has 0 spiro atoms. The standard InChI is InChI=1S/C6H10Cl2F2/c1-3-4(2)6(9,10)5(7)8/h4-5H,3H2,1-2H3. The minimum Gasteiger partial charge on any atom is -0.203 e. The molecule has 0 bridgehead atoms. The lowest BCUT2D eigenvalue weighted by Crippen LogP contribution is -2.32. The molecule has 1 unspecified atom stereocenters. The van der Waals surface area contributed by atoms with Gasteiger partial charge in [-0.1, -0.05) is 37.0 Å². The summed E-state index contributed by atoms with van der Waals surface area (Å²) in [7, 11) is 0. The van der Waals surface area contributed by atoms with Crippen LogP contribution in [0, 0.1) is 5.92 Å². The molecule has 62 valence electrons. The third kappa shape index (κ3) is 2.24. The molecule has 10 heavy (non-hydrogen) atoms. The highest BCUT2D eigenvalue weighted by Gasteiger charge is 2.41. The Labute approximate surface area is 69.5 Å². The van der Waals surface area contributed by atoms with E-state index in [1.807, 2.05) is 0 Å². The summed E-state index contributed by atoms with van der Waals surface area (Å²) in [6.07, 6.45) is 0.378. The predicted octanol–water partition coefficient (Wildman–Crippen LogP) is 3.47. The molecule has 0 fully saturated rings. The van der Waals surface area contributed by atoms with E-state index in [1.54, 1.807) is 6.92 Å². The number of hydrogen-bond donors (Lipinski definition) is 0. The topological polar surface area (TPSA) is 0 Å². The molecule has 1 atom stereocenters. The van der Waals surface area contributed by atoms with Crippen molar-refractivity contribution in [2.45, 2.75) is 31.0 Å². The average molecular weight is 191 g/mol. The van der Waals surface area contributed by atoms with Crippen molar-refractivity contribution in [3.05, 3.63) is 0 Å². The Morgan fingerprint density at radius 1 is 1.40 bits per heavy atom. The summed E-state index contributed by atoms with van der Waals surface area (Å²) in [5.74, 6) is -3.72. The maximum atomic E-state index is 12.7. The van der Waals surface area contributed by atoms with Gasteiger partial charge < -0.3 is 0 Å². The third-order valence-corrected chi connectivity index (χ3v) is 2.14. The maximum absolute atomic E-state index is 12.7. The van der Waals surface area contributed by atoms with E-state index in [0.717, 1.165) is 0 Å². The highest BCUT2D eigenvalue weighted by molar-refractivity contribution is 6.45. The molecule has 0 heterocycles. The number of alkyl halides is 4. The molecule has 0 rings (SSSR count). The van der Waals surface area contributed by atoms with Crippen LogP contribution >= 0.6 is 23.2 Å². The highest BCUT2D eigenvalue weighted by atomic mass is 35.5. The van der Waals surface area contributed by atoms with Crippen LogP contribution in [0.15, 0.2) is 0 Å². The van der Waals surface area contributed by atoms with Crippen LogP contribution in [0.3, 0.4) is 0 Å². The minimum absolute atomic E-state index is 0.378. The number of halogens is 4. The van der Waals surface area contributed by atoms with Crippen LogP contribution < -0.4 is 0 Å². The molecule has 0 nitrogen and oxygen atoms in total. The van der Waals surface area contributed by atoms with E-state index in [2.05, 4.69) is 0 Å². The molecule has 0 aromatic carbocycles. The zero-order valence-electron chi connectivity index (χ0n) is 5.87. The predicted molar refractivity (Wildman–Crippen MR) is 39.9 cm³/mol. The van der Waals surface area contributed by atoms with Gasteiger partial charge in [-0.05, 0) is 6.42 Å². The van der Waals surface area contributed by atoms with E-state index in [9.17, 15) is 8.78 Å². The largest absolute Gasteiger partial charge is 0.280 e. The molecule has 0 saturated heterocycles.